The van der Waals surface area contributed by atoms with Gasteiger partial charge in [-0.05, 0) is 43.1 Å². The van der Waals surface area contributed by atoms with Gasteiger partial charge in [0.1, 0.15) is 23.9 Å². The van der Waals surface area contributed by atoms with Crippen molar-refractivity contribution in [2.45, 2.75) is 32.0 Å². The molecule has 2 aliphatic rings. The van der Waals surface area contributed by atoms with Gasteiger partial charge in [0.2, 0.25) is 0 Å². The zero-order valence-corrected chi connectivity index (χ0v) is 19.7. The Bertz CT molecular complexity index is 1450. The fourth-order valence-corrected chi connectivity index (χ4v) is 6.76. The molecule has 180 valence electrons. The van der Waals surface area contributed by atoms with Gasteiger partial charge in [-0.3, -0.25) is 4.90 Å². The van der Waals surface area contributed by atoms with Gasteiger partial charge >= 0.3 is 6.18 Å². The number of thiophene rings is 1. The molecule has 2 fully saturated rings. The Balaban J connectivity index is 1.16. The Kier molecular flexibility index (Phi) is 5.23. The first-order valence-corrected chi connectivity index (χ1v) is 12.4. The normalized spacial score (nSPS) is 21.0. The van der Waals surface area contributed by atoms with E-state index >= 15 is 0 Å². The zero-order valence-electron chi connectivity index (χ0n) is 18.9. The predicted octanol–water partition coefficient (Wildman–Crippen LogP) is 5.25. The lowest BCUT2D eigenvalue weighted by molar-refractivity contribution is -0.126. The molecule has 1 spiro atoms. The van der Waals surface area contributed by atoms with Gasteiger partial charge in [-0.2, -0.15) is 18.4 Å². The molecule has 1 aromatic carbocycles. The maximum Gasteiger partial charge on any atom is 0.393 e. The minimum atomic E-state index is -4.23. The van der Waals surface area contributed by atoms with Gasteiger partial charge in [0.05, 0.1) is 16.6 Å². The first kappa shape index (κ1) is 22.3. The molecule has 6 rings (SSSR count). The molecular weight excluding hydrogens is 473 g/mol. The van der Waals surface area contributed by atoms with E-state index in [0.717, 1.165) is 78.3 Å². The molecule has 1 atom stereocenters. The Morgan fingerprint density at radius 3 is 2.80 bits per heavy atom. The fraction of sp³-hybridized carbons (Fsp3) is 0.400. The van der Waals surface area contributed by atoms with Crippen LogP contribution in [0.25, 0.3) is 21.1 Å². The average Bonchev–Trinajstić information content (AvgIpc) is 3.58. The van der Waals surface area contributed by atoms with E-state index in [1.165, 1.54) is 11.9 Å². The minimum absolute atomic E-state index is 0.161. The molecule has 4 aromatic rings. The van der Waals surface area contributed by atoms with Crippen LogP contribution >= 0.6 is 11.3 Å². The van der Waals surface area contributed by atoms with E-state index < -0.39 is 12.6 Å². The molecule has 3 aromatic heterocycles. The lowest BCUT2D eigenvalue weighted by Crippen LogP contribution is -2.31. The predicted molar refractivity (Wildman–Crippen MR) is 129 cm³/mol. The van der Waals surface area contributed by atoms with E-state index in [1.807, 2.05) is 6.07 Å². The first-order chi connectivity index (χ1) is 16.8. The molecule has 10 heteroatoms. The van der Waals surface area contributed by atoms with Crippen molar-refractivity contribution in [1.82, 2.24) is 19.9 Å². The van der Waals surface area contributed by atoms with Gasteiger partial charge in [0.15, 0.2) is 0 Å². The van der Waals surface area contributed by atoms with Crippen LogP contribution < -0.4 is 4.90 Å². The van der Waals surface area contributed by atoms with Gasteiger partial charge in [-0.1, -0.05) is 12.1 Å². The number of nitriles is 1. The Labute approximate surface area is 204 Å². The van der Waals surface area contributed by atoms with Gasteiger partial charge in [-0.15, -0.1) is 11.3 Å². The highest BCUT2D eigenvalue weighted by molar-refractivity contribution is 7.19. The highest BCUT2D eigenvalue weighted by Crippen LogP contribution is 2.43. The van der Waals surface area contributed by atoms with Crippen LogP contribution in [0.15, 0.2) is 36.7 Å². The molecule has 35 heavy (non-hydrogen) atoms. The SMILES string of the molecule is N#Cc1cc2ccc(CN3CCC4(CCN(c5ncnc6cc(CC(F)(F)F)sc56)C4)C3)cc2[nH]1. The number of anilines is 1. The van der Waals surface area contributed by atoms with E-state index in [9.17, 15) is 13.2 Å². The molecular formula is C25H23F3N6S. The number of aromatic amines is 1. The maximum absolute atomic E-state index is 12.9. The summed E-state index contributed by atoms with van der Waals surface area (Å²) in [5.74, 6) is 0.759. The summed E-state index contributed by atoms with van der Waals surface area (Å²) in [7, 11) is 0. The van der Waals surface area contributed by atoms with Crippen molar-refractivity contribution in [3.63, 3.8) is 0 Å². The van der Waals surface area contributed by atoms with E-state index in [2.05, 4.69) is 49.0 Å². The summed E-state index contributed by atoms with van der Waals surface area (Å²) in [6.45, 7) is 4.53. The number of rotatable bonds is 4. The summed E-state index contributed by atoms with van der Waals surface area (Å²) in [6.07, 6.45) is -1.58. The van der Waals surface area contributed by atoms with Crippen LogP contribution in [-0.4, -0.2) is 52.2 Å². The standard InChI is InChI=1S/C25H23F3N6S/c26-25(27,28)10-19-9-21-22(35-19)23(31-15-30-21)34-6-4-24(14-34)3-5-33(13-24)12-16-1-2-17-8-18(11-29)32-20(17)7-16/h1-2,7-9,15,32H,3-6,10,12-14H2. The average molecular weight is 497 g/mol. The first-order valence-electron chi connectivity index (χ1n) is 11.6. The third-order valence-electron chi connectivity index (χ3n) is 7.19. The Morgan fingerprint density at radius 2 is 1.97 bits per heavy atom. The second-order valence-electron chi connectivity index (χ2n) is 9.76. The lowest BCUT2D eigenvalue weighted by Gasteiger charge is -2.25. The third kappa shape index (κ3) is 4.34. The van der Waals surface area contributed by atoms with Crippen molar-refractivity contribution >= 4 is 38.3 Å². The number of hydrogen-bond donors (Lipinski definition) is 1. The van der Waals surface area contributed by atoms with E-state index in [-0.39, 0.29) is 10.3 Å². The van der Waals surface area contributed by atoms with Crippen molar-refractivity contribution in [1.29, 1.82) is 5.26 Å². The van der Waals surface area contributed by atoms with Gasteiger partial charge < -0.3 is 9.88 Å². The number of aromatic nitrogens is 3. The summed E-state index contributed by atoms with van der Waals surface area (Å²) in [6, 6.07) is 11.9. The third-order valence-corrected chi connectivity index (χ3v) is 8.31. The number of halogens is 3. The smallest absolute Gasteiger partial charge is 0.355 e. The molecule has 2 saturated heterocycles. The number of nitrogens with zero attached hydrogens (tertiary/aromatic N) is 5. The Hall–Kier alpha value is -3.16. The topological polar surface area (TPSA) is 71.8 Å². The van der Waals surface area contributed by atoms with Crippen LogP contribution in [0, 0.1) is 16.7 Å². The number of fused-ring (bicyclic) bond motifs is 2. The Morgan fingerprint density at radius 1 is 1.11 bits per heavy atom. The molecule has 2 aliphatic heterocycles. The van der Waals surface area contributed by atoms with Gasteiger partial charge in [0, 0.05) is 47.4 Å². The second-order valence-corrected chi connectivity index (χ2v) is 10.9. The van der Waals surface area contributed by atoms with Crippen LogP contribution in [0.1, 0.15) is 29.0 Å². The second kappa shape index (κ2) is 8.21. The van der Waals surface area contributed by atoms with Crippen molar-refractivity contribution in [3.8, 4) is 6.07 Å². The number of benzene rings is 1. The number of likely N-dealkylation sites (tertiary alicyclic amines) is 1. The van der Waals surface area contributed by atoms with Crippen molar-refractivity contribution in [3.05, 3.63) is 52.8 Å². The molecule has 0 aliphatic carbocycles. The van der Waals surface area contributed by atoms with E-state index in [4.69, 9.17) is 5.26 Å². The number of nitrogens with one attached hydrogen (secondary N) is 1. The summed E-state index contributed by atoms with van der Waals surface area (Å²) >= 11 is 1.15. The van der Waals surface area contributed by atoms with E-state index in [1.54, 1.807) is 6.07 Å². The molecule has 0 amide bonds. The number of hydrogen-bond acceptors (Lipinski definition) is 6. The summed E-state index contributed by atoms with van der Waals surface area (Å²) in [5.41, 5.74) is 3.51. The maximum atomic E-state index is 12.9. The zero-order chi connectivity index (χ0) is 24.2. The summed E-state index contributed by atoms with van der Waals surface area (Å²) < 4.78 is 39.4. The molecule has 0 bridgehead atoms. The monoisotopic (exact) mass is 496 g/mol. The quantitative estimate of drug-likeness (QED) is 0.418. The fourth-order valence-electron chi connectivity index (χ4n) is 5.60. The number of alkyl halides is 3. The van der Waals surface area contributed by atoms with Crippen LogP contribution in [0.5, 0.6) is 0 Å². The van der Waals surface area contributed by atoms with Crippen LogP contribution in [-0.2, 0) is 13.0 Å². The van der Waals surface area contributed by atoms with Crippen LogP contribution in [0.3, 0.4) is 0 Å². The molecule has 0 saturated carbocycles. The molecule has 1 unspecified atom stereocenters. The van der Waals surface area contributed by atoms with Crippen LogP contribution in [0.2, 0.25) is 0 Å². The van der Waals surface area contributed by atoms with Gasteiger partial charge in [0.25, 0.3) is 0 Å². The number of H-pyrrole nitrogens is 1. The molecule has 6 nitrogen and oxygen atoms in total. The summed E-state index contributed by atoms with van der Waals surface area (Å²) in [4.78, 5) is 16.8. The van der Waals surface area contributed by atoms with Crippen molar-refractivity contribution in [2.24, 2.45) is 5.41 Å². The molecule has 0 radical (unpaired) electrons. The highest BCUT2D eigenvalue weighted by Gasteiger charge is 2.44. The molecule has 5 heterocycles. The van der Waals surface area contributed by atoms with Gasteiger partial charge in [-0.25, -0.2) is 9.97 Å². The summed E-state index contributed by atoms with van der Waals surface area (Å²) in [5, 5.41) is 10.2. The minimum Gasteiger partial charge on any atom is -0.355 e. The highest BCUT2D eigenvalue weighted by atomic mass is 32.1. The molecule has 1 N–H and O–H groups in total. The van der Waals surface area contributed by atoms with Crippen molar-refractivity contribution in [2.75, 3.05) is 31.1 Å². The largest absolute Gasteiger partial charge is 0.393 e. The van der Waals surface area contributed by atoms with Crippen LogP contribution in [0.4, 0.5) is 19.0 Å². The van der Waals surface area contributed by atoms with Crippen molar-refractivity contribution < 1.29 is 13.2 Å². The lowest BCUT2D eigenvalue weighted by atomic mass is 9.86. The van der Waals surface area contributed by atoms with E-state index in [0.29, 0.717) is 11.2 Å².